The van der Waals surface area contributed by atoms with Gasteiger partial charge in [-0.1, -0.05) is 20.8 Å². The Kier molecular flexibility index (Phi) is 4.34. The van der Waals surface area contributed by atoms with Gasteiger partial charge in [0.25, 0.3) is 0 Å². The van der Waals surface area contributed by atoms with Gasteiger partial charge in [-0.05, 0) is 24.3 Å². The highest BCUT2D eigenvalue weighted by atomic mass is 16.3. The van der Waals surface area contributed by atoms with Crippen molar-refractivity contribution in [3.05, 3.63) is 17.8 Å². The van der Waals surface area contributed by atoms with E-state index in [-0.39, 0.29) is 18.1 Å². The number of aryl methyl sites for hydroxylation is 1. The molecule has 1 aromatic heterocycles. The molecule has 96 valence electrons. The fraction of sp³-hybridized carbons (Fsp3) is 0.615. The minimum absolute atomic E-state index is 0.0596. The van der Waals surface area contributed by atoms with E-state index in [1.165, 1.54) is 0 Å². The highest BCUT2D eigenvalue weighted by molar-refractivity contribution is 5.53. The molecule has 1 atom stereocenters. The summed E-state index contributed by atoms with van der Waals surface area (Å²) in [7, 11) is 0. The molecule has 1 rings (SSSR count). The van der Waals surface area contributed by atoms with Gasteiger partial charge in [0.2, 0.25) is 0 Å². The van der Waals surface area contributed by atoms with Crippen molar-refractivity contribution in [3.8, 4) is 0 Å². The molecule has 0 saturated heterocycles. The maximum atomic E-state index is 9.09. The molecule has 4 nitrogen and oxygen atoms in total. The van der Waals surface area contributed by atoms with Crippen LogP contribution in [-0.4, -0.2) is 22.7 Å². The van der Waals surface area contributed by atoms with Crippen LogP contribution in [0, 0.1) is 12.3 Å². The summed E-state index contributed by atoms with van der Waals surface area (Å²) < 4.78 is 0. The lowest BCUT2D eigenvalue weighted by Crippen LogP contribution is -2.35. The predicted molar refractivity (Wildman–Crippen MR) is 72.0 cm³/mol. The van der Waals surface area contributed by atoms with E-state index in [0.717, 1.165) is 17.1 Å². The molecule has 1 heterocycles. The third-order valence-corrected chi connectivity index (χ3v) is 2.93. The minimum atomic E-state index is 0.0596. The Labute approximate surface area is 103 Å². The number of aliphatic hydroxyl groups is 1. The molecule has 0 amide bonds. The Hall–Kier alpha value is -1.29. The molecule has 0 spiro atoms. The summed E-state index contributed by atoms with van der Waals surface area (Å²) >= 11 is 0. The van der Waals surface area contributed by atoms with Crippen LogP contribution in [0.3, 0.4) is 0 Å². The van der Waals surface area contributed by atoms with Gasteiger partial charge in [-0.15, -0.1) is 0 Å². The number of hydrogen-bond acceptors (Lipinski definition) is 4. The molecule has 0 saturated carbocycles. The summed E-state index contributed by atoms with van der Waals surface area (Å²) in [5, 5.41) is 12.4. The van der Waals surface area contributed by atoms with E-state index in [2.05, 4.69) is 31.1 Å². The standard InChI is InChI=1S/C13H23N3O/c1-9-8-15-12(7-10(9)14)16-11(5-6-17)13(2,3)4/h7-8,11,17H,5-6H2,1-4H3,(H3,14,15,16). The van der Waals surface area contributed by atoms with E-state index in [4.69, 9.17) is 10.8 Å². The maximum absolute atomic E-state index is 9.09. The number of nitrogen functional groups attached to an aromatic ring is 1. The van der Waals surface area contributed by atoms with Crippen molar-refractivity contribution in [2.75, 3.05) is 17.7 Å². The Morgan fingerprint density at radius 2 is 2.12 bits per heavy atom. The number of aromatic nitrogens is 1. The van der Waals surface area contributed by atoms with E-state index >= 15 is 0 Å². The van der Waals surface area contributed by atoms with Gasteiger partial charge in [0, 0.05) is 30.6 Å². The van der Waals surface area contributed by atoms with Crippen molar-refractivity contribution in [1.82, 2.24) is 4.98 Å². The number of nitrogens with zero attached hydrogens (tertiary/aromatic N) is 1. The Morgan fingerprint density at radius 1 is 1.47 bits per heavy atom. The minimum Gasteiger partial charge on any atom is -0.398 e. The van der Waals surface area contributed by atoms with E-state index < -0.39 is 0 Å². The van der Waals surface area contributed by atoms with E-state index in [1.54, 1.807) is 6.20 Å². The summed E-state index contributed by atoms with van der Waals surface area (Å²) in [4.78, 5) is 4.30. The van der Waals surface area contributed by atoms with Crippen LogP contribution in [0.25, 0.3) is 0 Å². The van der Waals surface area contributed by atoms with Gasteiger partial charge in [-0.2, -0.15) is 0 Å². The number of rotatable bonds is 4. The molecule has 17 heavy (non-hydrogen) atoms. The number of aliphatic hydroxyl groups excluding tert-OH is 1. The molecule has 0 radical (unpaired) electrons. The van der Waals surface area contributed by atoms with Crippen molar-refractivity contribution in [2.24, 2.45) is 5.41 Å². The zero-order valence-electron chi connectivity index (χ0n) is 11.1. The van der Waals surface area contributed by atoms with E-state index in [0.29, 0.717) is 6.42 Å². The first-order valence-electron chi connectivity index (χ1n) is 5.94. The van der Waals surface area contributed by atoms with Crippen LogP contribution in [0.1, 0.15) is 32.8 Å². The lowest BCUT2D eigenvalue weighted by molar-refractivity contribution is 0.235. The van der Waals surface area contributed by atoms with Gasteiger partial charge >= 0.3 is 0 Å². The third-order valence-electron chi connectivity index (χ3n) is 2.93. The summed E-state index contributed by atoms with van der Waals surface area (Å²) in [5.41, 5.74) is 7.62. The molecule has 0 aliphatic heterocycles. The average molecular weight is 237 g/mol. The smallest absolute Gasteiger partial charge is 0.128 e. The lowest BCUT2D eigenvalue weighted by Gasteiger charge is -2.31. The molecule has 0 aliphatic carbocycles. The fourth-order valence-corrected chi connectivity index (χ4v) is 1.65. The van der Waals surface area contributed by atoms with Crippen LogP contribution in [0.2, 0.25) is 0 Å². The van der Waals surface area contributed by atoms with Crippen LogP contribution >= 0.6 is 0 Å². The molecular weight excluding hydrogens is 214 g/mol. The highest BCUT2D eigenvalue weighted by Crippen LogP contribution is 2.25. The van der Waals surface area contributed by atoms with Crippen LogP contribution in [0.5, 0.6) is 0 Å². The molecule has 1 aromatic rings. The van der Waals surface area contributed by atoms with Crippen LogP contribution in [-0.2, 0) is 0 Å². The van der Waals surface area contributed by atoms with Crippen LogP contribution < -0.4 is 11.1 Å². The van der Waals surface area contributed by atoms with E-state index in [1.807, 2.05) is 13.0 Å². The fourth-order valence-electron chi connectivity index (χ4n) is 1.65. The van der Waals surface area contributed by atoms with Crippen molar-refractivity contribution < 1.29 is 5.11 Å². The molecule has 0 fully saturated rings. The third kappa shape index (κ3) is 3.89. The number of anilines is 2. The molecule has 4 heteroatoms. The molecule has 4 N–H and O–H groups in total. The zero-order valence-corrected chi connectivity index (χ0v) is 11.1. The number of nitrogens with one attached hydrogen (secondary N) is 1. The van der Waals surface area contributed by atoms with Gasteiger partial charge in [0.1, 0.15) is 5.82 Å². The average Bonchev–Trinajstić information content (AvgIpc) is 2.21. The second-order valence-corrected chi connectivity index (χ2v) is 5.50. The highest BCUT2D eigenvalue weighted by Gasteiger charge is 2.24. The molecule has 0 bridgehead atoms. The van der Waals surface area contributed by atoms with E-state index in [9.17, 15) is 0 Å². The van der Waals surface area contributed by atoms with Gasteiger partial charge < -0.3 is 16.2 Å². The number of hydrogen-bond donors (Lipinski definition) is 3. The predicted octanol–water partition coefficient (Wildman–Crippen LogP) is 2.18. The SMILES string of the molecule is Cc1cnc(NC(CCO)C(C)(C)C)cc1N. The zero-order chi connectivity index (χ0) is 13.1. The topological polar surface area (TPSA) is 71.2 Å². The summed E-state index contributed by atoms with van der Waals surface area (Å²) in [6.45, 7) is 8.50. The quantitative estimate of drug-likeness (QED) is 0.750. The summed E-state index contributed by atoms with van der Waals surface area (Å²) in [5.74, 6) is 0.765. The molecule has 0 aromatic carbocycles. The molecule has 0 aliphatic rings. The normalized spacial score (nSPS) is 13.5. The first-order chi connectivity index (χ1) is 7.84. The van der Waals surface area contributed by atoms with Gasteiger partial charge in [0.15, 0.2) is 0 Å². The Bertz CT molecular complexity index is 371. The number of nitrogens with two attached hydrogens (primary N) is 1. The maximum Gasteiger partial charge on any atom is 0.128 e. The first-order valence-corrected chi connectivity index (χ1v) is 5.94. The van der Waals surface area contributed by atoms with Crippen molar-refractivity contribution in [1.29, 1.82) is 0 Å². The lowest BCUT2D eigenvalue weighted by atomic mass is 9.85. The Balaban J connectivity index is 2.82. The Morgan fingerprint density at radius 3 is 2.59 bits per heavy atom. The monoisotopic (exact) mass is 237 g/mol. The van der Waals surface area contributed by atoms with Crippen LogP contribution in [0.15, 0.2) is 12.3 Å². The summed E-state index contributed by atoms with van der Waals surface area (Å²) in [6, 6.07) is 2.01. The largest absolute Gasteiger partial charge is 0.398 e. The summed E-state index contributed by atoms with van der Waals surface area (Å²) in [6.07, 6.45) is 2.45. The molecule has 1 unspecified atom stereocenters. The van der Waals surface area contributed by atoms with Gasteiger partial charge in [-0.25, -0.2) is 4.98 Å². The van der Waals surface area contributed by atoms with Crippen LogP contribution in [0.4, 0.5) is 11.5 Å². The first kappa shape index (κ1) is 13.8. The van der Waals surface area contributed by atoms with Crippen molar-refractivity contribution >= 4 is 11.5 Å². The second-order valence-electron chi connectivity index (χ2n) is 5.50. The van der Waals surface area contributed by atoms with Crippen molar-refractivity contribution in [3.63, 3.8) is 0 Å². The molecular formula is C13H23N3O. The number of pyridine rings is 1. The van der Waals surface area contributed by atoms with Gasteiger partial charge in [0.05, 0.1) is 0 Å². The second kappa shape index (κ2) is 5.36. The van der Waals surface area contributed by atoms with Crippen molar-refractivity contribution in [2.45, 2.75) is 40.2 Å². The van der Waals surface area contributed by atoms with Gasteiger partial charge in [-0.3, -0.25) is 0 Å².